The van der Waals surface area contributed by atoms with E-state index in [1.165, 1.54) is 33.4 Å². The van der Waals surface area contributed by atoms with Crippen LogP contribution in [0.25, 0.3) is 32.7 Å². The molecular formula is C44H38Cl2O6P4Ru+2. The van der Waals surface area contributed by atoms with Crippen LogP contribution in [0.3, 0.4) is 0 Å². The molecule has 13 heteroatoms. The van der Waals surface area contributed by atoms with E-state index < -0.39 is 45.9 Å². The summed E-state index contributed by atoms with van der Waals surface area (Å²) in [5, 5.41) is 9.75. The summed E-state index contributed by atoms with van der Waals surface area (Å²) in [4.78, 5) is 40.9. The molecule has 0 radical (unpaired) electrons. The molecule has 8 rings (SSSR count). The van der Waals surface area contributed by atoms with E-state index in [2.05, 4.69) is 109 Å². The second-order valence-electron chi connectivity index (χ2n) is 13.1. The first-order chi connectivity index (χ1) is 28.1. The third-order valence-corrected chi connectivity index (χ3v) is 17.2. The van der Waals surface area contributed by atoms with Crippen molar-refractivity contribution in [3.63, 3.8) is 0 Å². The summed E-state index contributed by atoms with van der Waals surface area (Å²) in [6.07, 6.45) is 0. The van der Waals surface area contributed by atoms with Crippen LogP contribution in [0, 0.1) is 0 Å². The zero-order chi connectivity index (χ0) is 42.0. The summed E-state index contributed by atoms with van der Waals surface area (Å²) < 4.78 is 37.7. The monoisotopic (exact) mass is 960 g/mol. The first-order valence-electron chi connectivity index (χ1n) is 18.3. The molecule has 0 bridgehead atoms. The normalized spacial score (nSPS) is 12.9. The van der Waals surface area contributed by atoms with E-state index in [1.807, 2.05) is 48.5 Å². The van der Waals surface area contributed by atoms with Gasteiger partial charge < -0.3 is 19.6 Å². The summed E-state index contributed by atoms with van der Waals surface area (Å²) in [5.41, 5.74) is 1.87. The van der Waals surface area contributed by atoms with Gasteiger partial charge in [-0.2, -0.15) is 0 Å². The number of hydrogen-bond donors (Lipinski definition) is 4. The standard InChI is InChI=1S/C44H34O6P4.2ClH.Ru.2H/c45-53(46,47)37-23-25-39-31(29-37)21-27-41(51(33-13-5-1-6-14-33)34-15-7-2-8-16-34)43(39)44-40-26-24-38(54(48,49)50)30-32(40)22-28-42(44)52(35-17-9-3-10-18-35)36-19-11-4-12-20-36;;;;;/h1-30H,(H2,45,46,47)(H2,48,49,50);2*1H;;;/q;;;+2;;/i;;;;2*1+1. The molecule has 0 saturated carbocycles. The average Bonchev–Trinajstić information content (AvgIpc) is 3.21. The van der Waals surface area contributed by atoms with Crippen molar-refractivity contribution in [2.24, 2.45) is 0 Å². The Morgan fingerprint density at radius 1 is 0.439 bits per heavy atom. The van der Waals surface area contributed by atoms with Gasteiger partial charge in [0.15, 0.2) is 0 Å². The number of hydrogen-bond acceptors (Lipinski definition) is 2. The molecule has 0 aromatic heterocycles. The fraction of sp³-hybridized carbons (Fsp3) is 0. The zero-order valence-corrected chi connectivity index (χ0v) is 37.0. The first-order valence-corrected chi connectivity index (χ1v) is 28.3. The van der Waals surface area contributed by atoms with Gasteiger partial charge in [0, 0.05) is 11.1 Å². The van der Waals surface area contributed by atoms with Crippen LogP contribution in [-0.4, -0.2) is 21.2 Å². The van der Waals surface area contributed by atoms with Gasteiger partial charge in [0.2, 0.25) is 0 Å². The molecule has 0 amide bonds. The summed E-state index contributed by atoms with van der Waals surface area (Å²) in [7, 11) is -2.97. The minimum atomic E-state index is -4.56. The van der Waals surface area contributed by atoms with Crippen molar-refractivity contribution >= 4 is 114 Å². The molecule has 6 nitrogen and oxygen atoms in total. The van der Waals surface area contributed by atoms with Crippen molar-refractivity contribution in [2.75, 3.05) is 0 Å². The van der Waals surface area contributed by atoms with Gasteiger partial charge in [-0.15, -0.1) is 0 Å². The maximum absolute atomic E-state index is 12.6. The van der Waals surface area contributed by atoms with Gasteiger partial charge in [-0.25, -0.2) is 0 Å². The van der Waals surface area contributed by atoms with E-state index >= 15 is 0 Å². The quantitative estimate of drug-likeness (QED) is 0.0909. The predicted octanol–water partition coefficient (Wildman–Crippen LogP) is 7.09. The molecule has 0 aliphatic carbocycles. The van der Waals surface area contributed by atoms with Crippen LogP contribution in [0.2, 0.25) is 0 Å². The SMILES string of the molecule is O=P(O)(O)c1ccc2c(-c3c([PH+](c4ccccc4)c4ccccc4)ccc4cc(P(=O)(O)O)ccc34)c([PH+](c3ccccc3)c3ccccc3)ccc2c1.[2H][Ru]([2H])([Cl])[Cl]. The van der Waals surface area contributed by atoms with E-state index in [0.29, 0.717) is 10.8 Å². The Labute approximate surface area is 350 Å². The van der Waals surface area contributed by atoms with Gasteiger partial charge in [0.1, 0.15) is 31.8 Å². The van der Waals surface area contributed by atoms with Crippen molar-refractivity contribution in [3.8, 4) is 11.1 Å². The first kappa shape index (κ1) is 39.1. The van der Waals surface area contributed by atoms with Gasteiger partial charge in [-0.05, 0) is 106 Å². The Hall–Kier alpha value is -3.36. The topological polar surface area (TPSA) is 115 Å². The second kappa shape index (κ2) is 18.3. The second-order valence-corrected chi connectivity index (χ2v) is 23.9. The minimum absolute atomic E-state index is 0.0619. The van der Waals surface area contributed by atoms with Crippen molar-refractivity contribution in [3.05, 3.63) is 182 Å². The van der Waals surface area contributed by atoms with Gasteiger partial charge in [0.25, 0.3) is 0 Å². The molecule has 0 aliphatic heterocycles. The molecule has 57 heavy (non-hydrogen) atoms. The average molecular weight is 961 g/mol. The van der Waals surface area contributed by atoms with Crippen LogP contribution in [0.15, 0.2) is 182 Å². The summed E-state index contributed by atoms with van der Waals surface area (Å²) >= 11 is -3.42. The molecular weight excluding hydrogens is 920 g/mol. The maximum atomic E-state index is 12.6. The fourth-order valence-corrected chi connectivity index (χ4v) is 14.0. The Kier molecular flexibility index (Phi) is 12.5. The Bertz CT molecular complexity index is 2570. The number of fused-ring (bicyclic) bond motifs is 2. The summed E-state index contributed by atoms with van der Waals surface area (Å²) in [6.45, 7) is 0. The van der Waals surface area contributed by atoms with Crippen LogP contribution >= 0.6 is 50.4 Å². The Morgan fingerprint density at radius 2 is 0.719 bits per heavy atom. The fourth-order valence-electron chi connectivity index (χ4n) is 7.33. The van der Waals surface area contributed by atoms with Gasteiger partial charge in [-0.1, -0.05) is 97.1 Å². The number of rotatable bonds is 9. The molecule has 8 aromatic rings. The summed E-state index contributed by atoms with van der Waals surface area (Å²) in [6, 6.07) is 59.7. The molecule has 0 spiro atoms. The number of benzene rings is 8. The van der Waals surface area contributed by atoms with Crippen LogP contribution in [-0.2, 0) is 24.0 Å². The van der Waals surface area contributed by atoms with Gasteiger partial charge in [0.05, 0.1) is 26.5 Å². The van der Waals surface area contributed by atoms with Crippen molar-refractivity contribution in [1.29, 1.82) is 1.66 Å². The molecule has 8 aromatic carbocycles. The molecule has 0 saturated heterocycles. The van der Waals surface area contributed by atoms with Crippen molar-refractivity contribution < 1.29 is 43.5 Å². The van der Waals surface area contributed by atoms with E-state index in [1.54, 1.807) is 12.1 Å². The van der Waals surface area contributed by atoms with Crippen molar-refractivity contribution in [1.82, 2.24) is 0 Å². The molecule has 4 N–H and O–H groups in total. The van der Waals surface area contributed by atoms with Crippen LogP contribution < -0.4 is 42.4 Å². The Balaban J connectivity index is 0.000000997. The van der Waals surface area contributed by atoms with E-state index in [9.17, 15) is 28.7 Å². The third-order valence-electron chi connectivity index (χ3n) is 9.72. The number of halogens is 2. The Morgan fingerprint density at radius 3 is 0.982 bits per heavy atom. The zero-order valence-electron chi connectivity index (χ0n) is 31.9. The van der Waals surface area contributed by atoms with Crippen LogP contribution in [0.4, 0.5) is 0 Å². The van der Waals surface area contributed by atoms with Gasteiger partial charge in [-0.3, -0.25) is 9.13 Å². The van der Waals surface area contributed by atoms with E-state index in [0.717, 1.165) is 32.5 Å². The summed E-state index contributed by atoms with van der Waals surface area (Å²) in [5.74, 6) is 0. The molecule has 0 atom stereocenters. The molecule has 0 unspecified atom stereocenters. The third kappa shape index (κ3) is 9.28. The molecule has 290 valence electrons. The molecule has 0 heterocycles. The molecule has 0 aliphatic rings. The van der Waals surface area contributed by atoms with E-state index in [4.69, 9.17) is 21.0 Å². The van der Waals surface area contributed by atoms with Crippen molar-refractivity contribution in [2.45, 2.75) is 0 Å². The molecule has 0 fully saturated rings. The van der Waals surface area contributed by atoms with E-state index in [-0.39, 0.29) is 10.6 Å². The predicted molar refractivity (Wildman–Crippen MR) is 245 cm³/mol. The van der Waals surface area contributed by atoms with Crippen LogP contribution in [0.5, 0.6) is 0 Å². The van der Waals surface area contributed by atoms with Crippen LogP contribution in [0.1, 0.15) is 0 Å². The van der Waals surface area contributed by atoms with Gasteiger partial charge >= 0.3 is 51.1 Å².